The smallest absolute Gasteiger partial charge is 0.244 e. The number of sulfonamides is 1. The minimum absolute atomic E-state index is 0.0388. The van der Waals surface area contributed by atoms with Crippen LogP contribution in [0.2, 0.25) is 10.0 Å². The molecule has 1 aliphatic carbocycles. The zero-order valence-corrected chi connectivity index (χ0v) is 16.3. The molecule has 10 heteroatoms. The molecule has 0 bridgehead atoms. The van der Waals surface area contributed by atoms with E-state index >= 15 is 0 Å². The van der Waals surface area contributed by atoms with Crippen LogP contribution < -0.4 is 5.32 Å². The highest BCUT2D eigenvalue weighted by molar-refractivity contribution is 7.89. The maximum Gasteiger partial charge on any atom is 0.244 e. The van der Waals surface area contributed by atoms with E-state index in [9.17, 15) is 18.0 Å². The topological polar surface area (TPSA) is 86.8 Å². The van der Waals surface area contributed by atoms with Crippen LogP contribution in [-0.2, 0) is 19.6 Å². The SMILES string of the molecule is O=C(NCC(=O)N1CCN(S(=O)(=O)c2cc(Cl)ccc2Cl)CC1)C1CC1. The molecule has 1 aliphatic heterocycles. The van der Waals surface area contributed by atoms with E-state index in [1.807, 2.05) is 0 Å². The van der Waals surface area contributed by atoms with Crippen LogP contribution >= 0.6 is 23.2 Å². The predicted octanol–water partition coefficient (Wildman–Crippen LogP) is 1.35. The Bertz CT molecular complexity index is 819. The number of benzene rings is 1. The monoisotopic (exact) mass is 419 g/mol. The quantitative estimate of drug-likeness (QED) is 0.779. The van der Waals surface area contributed by atoms with E-state index in [1.165, 1.54) is 22.5 Å². The van der Waals surface area contributed by atoms with Crippen LogP contribution in [0.15, 0.2) is 23.1 Å². The van der Waals surface area contributed by atoms with E-state index in [1.54, 1.807) is 4.90 Å². The molecular weight excluding hydrogens is 401 g/mol. The van der Waals surface area contributed by atoms with Gasteiger partial charge in [0, 0.05) is 37.1 Å². The summed E-state index contributed by atoms with van der Waals surface area (Å²) in [6.45, 7) is 0.786. The maximum atomic E-state index is 12.8. The van der Waals surface area contributed by atoms with Crippen molar-refractivity contribution in [2.45, 2.75) is 17.7 Å². The van der Waals surface area contributed by atoms with Crippen LogP contribution in [0, 0.1) is 5.92 Å². The normalized spacial score (nSPS) is 18.6. The second-order valence-corrected chi connectivity index (χ2v) is 9.10. The summed E-state index contributed by atoms with van der Waals surface area (Å²) in [4.78, 5) is 25.3. The number of carbonyl (C=O) groups is 2. The number of nitrogens with zero attached hydrogens (tertiary/aromatic N) is 2. The first-order valence-electron chi connectivity index (χ1n) is 8.30. The fraction of sp³-hybridized carbons (Fsp3) is 0.500. The number of carbonyl (C=O) groups excluding carboxylic acids is 2. The standard InChI is InChI=1S/C16H19Cl2N3O4S/c17-12-3-4-13(18)14(9-12)26(24,25)21-7-5-20(6-8-21)15(22)10-19-16(23)11-1-2-11/h3-4,9,11H,1-2,5-8,10H2,(H,19,23). The Hall–Kier alpha value is -1.35. The summed E-state index contributed by atoms with van der Waals surface area (Å²) in [7, 11) is -3.78. The van der Waals surface area contributed by atoms with Gasteiger partial charge in [0.25, 0.3) is 0 Å². The van der Waals surface area contributed by atoms with Gasteiger partial charge in [0.15, 0.2) is 0 Å². The molecule has 1 aromatic carbocycles. The molecule has 0 spiro atoms. The van der Waals surface area contributed by atoms with Gasteiger partial charge in [-0.15, -0.1) is 0 Å². The third kappa shape index (κ3) is 4.31. The first-order valence-corrected chi connectivity index (χ1v) is 10.5. The third-order valence-electron chi connectivity index (χ3n) is 4.46. The molecular formula is C16H19Cl2N3O4S. The largest absolute Gasteiger partial charge is 0.347 e. The minimum atomic E-state index is -3.78. The molecule has 1 saturated carbocycles. The van der Waals surface area contributed by atoms with Crippen molar-refractivity contribution in [1.29, 1.82) is 0 Å². The summed E-state index contributed by atoms with van der Waals surface area (Å²) in [6.07, 6.45) is 1.76. The fourth-order valence-corrected chi connectivity index (χ4v) is 4.92. The van der Waals surface area contributed by atoms with Crippen molar-refractivity contribution in [1.82, 2.24) is 14.5 Å². The predicted molar refractivity (Wildman–Crippen MR) is 97.5 cm³/mol. The van der Waals surface area contributed by atoms with Gasteiger partial charge in [-0.2, -0.15) is 4.31 Å². The third-order valence-corrected chi connectivity index (χ3v) is 7.08. The van der Waals surface area contributed by atoms with Gasteiger partial charge in [0.2, 0.25) is 21.8 Å². The van der Waals surface area contributed by atoms with E-state index in [0.717, 1.165) is 12.8 Å². The van der Waals surface area contributed by atoms with Gasteiger partial charge in [-0.05, 0) is 31.0 Å². The molecule has 0 unspecified atom stereocenters. The van der Waals surface area contributed by atoms with Crippen LogP contribution in [0.1, 0.15) is 12.8 Å². The molecule has 1 saturated heterocycles. The highest BCUT2D eigenvalue weighted by Crippen LogP contribution is 2.29. The first kappa shape index (κ1) is 19.4. The molecule has 0 aromatic heterocycles. The average Bonchev–Trinajstić information content (AvgIpc) is 3.46. The maximum absolute atomic E-state index is 12.8. The number of amides is 2. The Balaban J connectivity index is 1.58. The van der Waals surface area contributed by atoms with Crippen LogP contribution in [0.5, 0.6) is 0 Å². The van der Waals surface area contributed by atoms with Gasteiger partial charge in [-0.3, -0.25) is 9.59 Å². The summed E-state index contributed by atoms with van der Waals surface area (Å²) in [5.74, 6) is -0.251. The molecule has 7 nitrogen and oxygen atoms in total. The van der Waals surface area contributed by atoms with Crippen LogP contribution in [0.4, 0.5) is 0 Å². The molecule has 1 heterocycles. The lowest BCUT2D eigenvalue weighted by Gasteiger charge is -2.34. The molecule has 1 aromatic rings. The van der Waals surface area contributed by atoms with Crippen molar-refractivity contribution in [3.8, 4) is 0 Å². The lowest BCUT2D eigenvalue weighted by atomic mass is 10.3. The molecule has 1 N–H and O–H groups in total. The van der Waals surface area contributed by atoms with Crippen molar-refractivity contribution < 1.29 is 18.0 Å². The number of rotatable bonds is 5. The van der Waals surface area contributed by atoms with Crippen LogP contribution in [0.3, 0.4) is 0 Å². The molecule has 3 rings (SSSR count). The van der Waals surface area contributed by atoms with Crippen molar-refractivity contribution >= 4 is 45.0 Å². The van der Waals surface area contributed by atoms with Crippen molar-refractivity contribution in [2.75, 3.05) is 32.7 Å². The Labute approximate surface area is 162 Å². The highest BCUT2D eigenvalue weighted by Gasteiger charge is 2.33. The lowest BCUT2D eigenvalue weighted by Crippen LogP contribution is -2.52. The van der Waals surface area contributed by atoms with Crippen LogP contribution in [0.25, 0.3) is 0 Å². The van der Waals surface area contributed by atoms with Gasteiger partial charge in [-0.25, -0.2) is 8.42 Å². The molecule has 0 atom stereocenters. The van der Waals surface area contributed by atoms with E-state index in [4.69, 9.17) is 23.2 Å². The average molecular weight is 420 g/mol. The number of hydrogen-bond donors (Lipinski definition) is 1. The van der Waals surface area contributed by atoms with E-state index in [2.05, 4.69) is 5.32 Å². The van der Waals surface area contributed by atoms with Gasteiger partial charge >= 0.3 is 0 Å². The molecule has 142 valence electrons. The molecule has 2 amide bonds. The second kappa shape index (κ2) is 7.72. The second-order valence-electron chi connectivity index (χ2n) is 6.35. The van der Waals surface area contributed by atoms with E-state index in [-0.39, 0.29) is 65.4 Å². The van der Waals surface area contributed by atoms with Gasteiger partial charge in [0.1, 0.15) is 4.90 Å². The zero-order chi connectivity index (χ0) is 18.9. The lowest BCUT2D eigenvalue weighted by molar-refractivity contribution is -0.134. The molecule has 26 heavy (non-hydrogen) atoms. The number of piperazine rings is 1. The first-order chi connectivity index (χ1) is 12.3. The Morgan fingerprint density at radius 1 is 1.12 bits per heavy atom. The Morgan fingerprint density at radius 3 is 2.38 bits per heavy atom. The van der Waals surface area contributed by atoms with Gasteiger partial charge < -0.3 is 10.2 Å². The highest BCUT2D eigenvalue weighted by atomic mass is 35.5. The summed E-state index contributed by atoms with van der Waals surface area (Å²) in [5.41, 5.74) is 0. The summed E-state index contributed by atoms with van der Waals surface area (Å²) < 4.78 is 26.8. The van der Waals surface area contributed by atoms with Crippen LogP contribution in [-0.4, -0.2) is 62.2 Å². The van der Waals surface area contributed by atoms with E-state index < -0.39 is 10.0 Å². The van der Waals surface area contributed by atoms with Gasteiger partial charge in [0.05, 0.1) is 11.6 Å². The van der Waals surface area contributed by atoms with E-state index in [0.29, 0.717) is 0 Å². The van der Waals surface area contributed by atoms with Crippen molar-refractivity contribution in [3.05, 3.63) is 28.2 Å². The zero-order valence-electron chi connectivity index (χ0n) is 14.0. The summed E-state index contributed by atoms with van der Waals surface area (Å²) in [5, 5.41) is 3.02. The number of nitrogens with one attached hydrogen (secondary N) is 1. The molecule has 2 fully saturated rings. The number of halogens is 2. The molecule has 2 aliphatic rings. The molecule has 0 radical (unpaired) electrons. The fourth-order valence-electron chi connectivity index (χ4n) is 2.76. The number of hydrogen-bond acceptors (Lipinski definition) is 4. The van der Waals surface area contributed by atoms with Crippen molar-refractivity contribution in [3.63, 3.8) is 0 Å². The minimum Gasteiger partial charge on any atom is -0.347 e. The summed E-state index contributed by atoms with van der Waals surface area (Å²) in [6, 6.07) is 4.29. The van der Waals surface area contributed by atoms with Gasteiger partial charge in [-0.1, -0.05) is 23.2 Å². The van der Waals surface area contributed by atoms with Crippen molar-refractivity contribution in [2.24, 2.45) is 5.92 Å². The summed E-state index contributed by atoms with van der Waals surface area (Å²) >= 11 is 11.9. The Morgan fingerprint density at radius 2 is 1.77 bits per heavy atom. The Kier molecular flexibility index (Phi) is 5.76.